The molecule has 6 nitrogen and oxygen atoms in total. The van der Waals surface area contributed by atoms with Gasteiger partial charge in [0.2, 0.25) is 15.0 Å². The number of esters is 1. The quantitative estimate of drug-likeness (QED) is 0.606. The summed E-state index contributed by atoms with van der Waals surface area (Å²) in [4.78, 5) is 25.5. The molecule has 1 aliphatic rings. The van der Waals surface area contributed by atoms with E-state index in [0.717, 1.165) is 0 Å². The molecule has 22 heavy (non-hydrogen) atoms. The standard InChI is InChI=1S/C13H16ClNO5S2/c1-13(2,3)20-12(17)9-4-5-21-11(9)15-7-8(6-10(15)16)22(14,18)19/h4-5,8H,6-7H2,1-3H3. The molecule has 1 fully saturated rings. The highest BCUT2D eigenvalue weighted by Crippen LogP contribution is 2.34. The number of carbonyl (C=O) groups is 2. The predicted molar refractivity (Wildman–Crippen MR) is 85.0 cm³/mol. The summed E-state index contributed by atoms with van der Waals surface area (Å²) >= 11 is 1.18. The fourth-order valence-electron chi connectivity index (χ4n) is 2.06. The van der Waals surface area contributed by atoms with Crippen LogP contribution in [0.15, 0.2) is 11.4 Å². The van der Waals surface area contributed by atoms with E-state index in [1.807, 2.05) is 0 Å². The topological polar surface area (TPSA) is 80.8 Å². The Morgan fingerprint density at radius 2 is 2.09 bits per heavy atom. The number of nitrogens with zero attached hydrogens (tertiary/aromatic N) is 1. The van der Waals surface area contributed by atoms with Crippen molar-refractivity contribution in [2.24, 2.45) is 0 Å². The van der Waals surface area contributed by atoms with Gasteiger partial charge in [0.1, 0.15) is 15.9 Å². The summed E-state index contributed by atoms with van der Waals surface area (Å²) in [6, 6.07) is 1.56. The molecule has 1 saturated heterocycles. The summed E-state index contributed by atoms with van der Waals surface area (Å²) in [6.07, 6.45) is -0.183. The number of thiophene rings is 1. The third kappa shape index (κ3) is 3.80. The van der Waals surface area contributed by atoms with Crippen molar-refractivity contribution >= 4 is 47.9 Å². The average Bonchev–Trinajstić information content (AvgIpc) is 2.90. The number of amides is 1. The van der Waals surface area contributed by atoms with E-state index in [-0.39, 0.29) is 24.4 Å². The number of ether oxygens (including phenoxy) is 1. The monoisotopic (exact) mass is 365 g/mol. The van der Waals surface area contributed by atoms with Gasteiger partial charge in [0.15, 0.2) is 0 Å². The second-order valence-electron chi connectivity index (χ2n) is 5.95. The van der Waals surface area contributed by atoms with Crippen LogP contribution in [0.4, 0.5) is 5.00 Å². The lowest BCUT2D eigenvalue weighted by molar-refractivity contribution is -0.117. The van der Waals surface area contributed by atoms with E-state index in [0.29, 0.717) is 5.00 Å². The van der Waals surface area contributed by atoms with Crippen LogP contribution in [-0.4, -0.2) is 37.7 Å². The lowest BCUT2D eigenvalue weighted by Gasteiger charge is -2.21. The zero-order chi connectivity index (χ0) is 16.7. The van der Waals surface area contributed by atoms with E-state index in [2.05, 4.69) is 0 Å². The Balaban J connectivity index is 2.27. The highest BCUT2D eigenvalue weighted by molar-refractivity contribution is 8.14. The molecule has 0 saturated carbocycles. The molecule has 1 atom stereocenters. The number of carbonyl (C=O) groups excluding carboxylic acids is 2. The molecule has 0 radical (unpaired) electrons. The van der Waals surface area contributed by atoms with E-state index in [1.165, 1.54) is 16.2 Å². The van der Waals surface area contributed by atoms with E-state index in [4.69, 9.17) is 15.4 Å². The van der Waals surface area contributed by atoms with Crippen LogP contribution in [0.25, 0.3) is 0 Å². The van der Waals surface area contributed by atoms with Crippen LogP contribution in [0.5, 0.6) is 0 Å². The van der Waals surface area contributed by atoms with E-state index in [1.54, 1.807) is 32.2 Å². The molecule has 1 aliphatic heterocycles. The highest BCUT2D eigenvalue weighted by atomic mass is 35.7. The Hall–Kier alpha value is -1.12. The summed E-state index contributed by atoms with van der Waals surface area (Å²) in [6.45, 7) is 5.18. The third-order valence-corrected chi connectivity index (χ3v) is 5.80. The maximum Gasteiger partial charge on any atom is 0.341 e. The van der Waals surface area contributed by atoms with Crippen molar-refractivity contribution in [3.63, 3.8) is 0 Å². The van der Waals surface area contributed by atoms with E-state index < -0.39 is 25.9 Å². The minimum Gasteiger partial charge on any atom is -0.456 e. The molecular formula is C13H16ClNO5S2. The predicted octanol–water partition coefficient (Wildman–Crippen LogP) is 2.38. The lowest BCUT2D eigenvalue weighted by Crippen LogP contribution is -2.29. The van der Waals surface area contributed by atoms with Crippen LogP contribution >= 0.6 is 22.0 Å². The van der Waals surface area contributed by atoms with Crippen LogP contribution in [0.2, 0.25) is 0 Å². The fourth-order valence-corrected chi connectivity index (χ4v) is 4.00. The number of halogens is 1. The van der Waals surface area contributed by atoms with Gasteiger partial charge >= 0.3 is 5.97 Å². The Morgan fingerprint density at radius 3 is 2.59 bits per heavy atom. The molecule has 2 heterocycles. The summed E-state index contributed by atoms with van der Waals surface area (Å²) < 4.78 is 28.1. The second kappa shape index (κ2) is 5.82. The van der Waals surface area contributed by atoms with Gasteiger partial charge in [-0.25, -0.2) is 13.2 Å². The van der Waals surface area contributed by atoms with Gasteiger partial charge in [-0.15, -0.1) is 11.3 Å². The summed E-state index contributed by atoms with van der Waals surface area (Å²) in [5.74, 6) is -0.921. The maximum atomic E-state index is 12.2. The summed E-state index contributed by atoms with van der Waals surface area (Å²) in [5, 5.41) is 1.09. The van der Waals surface area contributed by atoms with Gasteiger partial charge in [-0.2, -0.15) is 0 Å². The minimum absolute atomic E-state index is 0.0546. The van der Waals surface area contributed by atoms with Crippen molar-refractivity contribution in [2.75, 3.05) is 11.4 Å². The molecular weight excluding hydrogens is 350 g/mol. The number of rotatable bonds is 3. The van der Waals surface area contributed by atoms with Gasteiger partial charge < -0.3 is 9.64 Å². The highest BCUT2D eigenvalue weighted by Gasteiger charge is 2.40. The largest absolute Gasteiger partial charge is 0.456 e. The minimum atomic E-state index is -3.82. The van der Waals surface area contributed by atoms with Gasteiger partial charge in [-0.05, 0) is 32.2 Å². The lowest BCUT2D eigenvalue weighted by atomic mass is 10.2. The molecule has 1 aromatic heterocycles. The van der Waals surface area contributed by atoms with Crippen molar-refractivity contribution < 1.29 is 22.7 Å². The van der Waals surface area contributed by atoms with Crippen LogP contribution in [0.1, 0.15) is 37.6 Å². The van der Waals surface area contributed by atoms with Gasteiger partial charge in [0.05, 0.1) is 5.56 Å². The van der Waals surface area contributed by atoms with Crippen LogP contribution < -0.4 is 4.90 Å². The molecule has 1 amide bonds. The number of hydrogen-bond donors (Lipinski definition) is 0. The average molecular weight is 366 g/mol. The zero-order valence-corrected chi connectivity index (χ0v) is 14.7. The normalized spacial score (nSPS) is 19.5. The van der Waals surface area contributed by atoms with Crippen molar-refractivity contribution in [1.82, 2.24) is 0 Å². The summed E-state index contributed by atoms with van der Waals surface area (Å²) in [7, 11) is 1.50. The van der Waals surface area contributed by atoms with Gasteiger partial charge in [0.25, 0.3) is 0 Å². The Kier molecular flexibility index (Phi) is 4.56. The molecule has 0 aromatic carbocycles. The smallest absolute Gasteiger partial charge is 0.341 e. The SMILES string of the molecule is CC(C)(C)OC(=O)c1ccsc1N1CC(S(=O)(=O)Cl)CC1=O. The van der Waals surface area contributed by atoms with Crippen LogP contribution in [-0.2, 0) is 18.6 Å². The van der Waals surface area contributed by atoms with Crippen molar-refractivity contribution in [3.05, 3.63) is 17.0 Å². The first kappa shape index (κ1) is 17.2. The molecule has 0 N–H and O–H groups in total. The Bertz CT molecular complexity index is 704. The molecule has 122 valence electrons. The molecule has 1 unspecified atom stereocenters. The molecule has 2 rings (SSSR count). The van der Waals surface area contributed by atoms with Crippen LogP contribution in [0, 0.1) is 0 Å². The van der Waals surface area contributed by atoms with E-state index >= 15 is 0 Å². The van der Waals surface area contributed by atoms with Gasteiger partial charge in [-0.1, -0.05) is 0 Å². The Morgan fingerprint density at radius 1 is 1.45 bits per heavy atom. The first-order chi connectivity index (χ1) is 9.99. The number of hydrogen-bond acceptors (Lipinski definition) is 6. The molecule has 9 heteroatoms. The zero-order valence-electron chi connectivity index (χ0n) is 12.3. The van der Waals surface area contributed by atoms with Crippen LogP contribution in [0.3, 0.4) is 0 Å². The van der Waals surface area contributed by atoms with Crippen molar-refractivity contribution in [1.29, 1.82) is 0 Å². The first-order valence-electron chi connectivity index (χ1n) is 6.54. The van der Waals surface area contributed by atoms with Crippen molar-refractivity contribution in [2.45, 2.75) is 38.0 Å². The maximum absolute atomic E-state index is 12.2. The molecule has 1 aromatic rings. The molecule has 0 aliphatic carbocycles. The first-order valence-corrected chi connectivity index (χ1v) is 9.79. The molecule has 0 spiro atoms. The van der Waals surface area contributed by atoms with Gasteiger partial charge in [0, 0.05) is 23.6 Å². The van der Waals surface area contributed by atoms with Crippen molar-refractivity contribution in [3.8, 4) is 0 Å². The fraction of sp³-hybridized carbons (Fsp3) is 0.538. The van der Waals surface area contributed by atoms with Gasteiger partial charge in [-0.3, -0.25) is 4.79 Å². The Labute approximate surface area is 137 Å². The molecule has 0 bridgehead atoms. The van der Waals surface area contributed by atoms with E-state index in [9.17, 15) is 18.0 Å². The number of anilines is 1. The third-order valence-electron chi connectivity index (χ3n) is 3.00. The second-order valence-corrected chi connectivity index (χ2v) is 9.75. The summed E-state index contributed by atoms with van der Waals surface area (Å²) in [5.41, 5.74) is -0.409.